The van der Waals surface area contributed by atoms with E-state index in [0.29, 0.717) is 17.0 Å². The first kappa shape index (κ1) is 12.4. The molecule has 0 spiro atoms. The molecule has 0 atom stereocenters. The van der Waals surface area contributed by atoms with E-state index in [1.54, 1.807) is 18.2 Å². The molecule has 1 aliphatic carbocycles. The predicted molar refractivity (Wildman–Crippen MR) is 68.3 cm³/mol. The van der Waals surface area contributed by atoms with Crippen molar-refractivity contribution in [2.24, 2.45) is 5.92 Å². The van der Waals surface area contributed by atoms with E-state index in [1.807, 2.05) is 0 Å². The third-order valence-electron chi connectivity index (χ3n) is 3.31. The molecular formula is C14H16N2O2. The van der Waals surface area contributed by atoms with Crippen molar-refractivity contribution in [3.05, 3.63) is 23.8 Å². The summed E-state index contributed by atoms with van der Waals surface area (Å²) in [5.41, 5.74) is 1.09. The van der Waals surface area contributed by atoms with Crippen LogP contribution in [0.1, 0.15) is 31.2 Å². The molecule has 4 nitrogen and oxygen atoms in total. The lowest BCUT2D eigenvalue weighted by Gasteiger charge is -2.11. The van der Waals surface area contributed by atoms with Gasteiger partial charge in [-0.15, -0.1) is 0 Å². The van der Waals surface area contributed by atoms with Crippen LogP contribution in [0.25, 0.3) is 0 Å². The quantitative estimate of drug-likeness (QED) is 0.889. The molecule has 2 rings (SSSR count). The van der Waals surface area contributed by atoms with Gasteiger partial charge in [0.1, 0.15) is 11.8 Å². The first-order valence-electron chi connectivity index (χ1n) is 6.13. The molecule has 0 bridgehead atoms. The van der Waals surface area contributed by atoms with Gasteiger partial charge in [0.15, 0.2) is 0 Å². The number of ether oxygens (including phenoxy) is 1. The van der Waals surface area contributed by atoms with E-state index in [2.05, 4.69) is 11.4 Å². The largest absolute Gasteiger partial charge is 0.495 e. The van der Waals surface area contributed by atoms with Crippen molar-refractivity contribution in [1.82, 2.24) is 0 Å². The zero-order valence-electron chi connectivity index (χ0n) is 10.4. The molecule has 94 valence electrons. The molecular weight excluding hydrogens is 228 g/mol. The Hall–Kier alpha value is -2.02. The number of methoxy groups -OCH3 is 1. The van der Waals surface area contributed by atoms with Crippen LogP contribution < -0.4 is 10.1 Å². The molecule has 0 radical (unpaired) electrons. The molecule has 18 heavy (non-hydrogen) atoms. The fourth-order valence-corrected chi connectivity index (χ4v) is 2.31. The number of hydrogen-bond donors (Lipinski definition) is 1. The molecule has 1 aromatic carbocycles. The summed E-state index contributed by atoms with van der Waals surface area (Å²) in [6.07, 6.45) is 4.19. The van der Waals surface area contributed by atoms with Gasteiger partial charge in [0.25, 0.3) is 0 Å². The standard InChI is InChI=1S/C14H16N2O2/c1-18-13-7-6-12(8-11(13)9-15)16-14(17)10-4-2-3-5-10/h6-8,10H,2-5H2,1H3,(H,16,17). The molecule has 1 amide bonds. The minimum absolute atomic E-state index is 0.0570. The van der Waals surface area contributed by atoms with Crippen LogP contribution in [-0.4, -0.2) is 13.0 Å². The van der Waals surface area contributed by atoms with Crippen molar-refractivity contribution < 1.29 is 9.53 Å². The summed E-state index contributed by atoms with van der Waals surface area (Å²) in [5, 5.41) is 11.8. The van der Waals surface area contributed by atoms with E-state index in [1.165, 1.54) is 7.11 Å². The fraction of sp³-hybridized carbons (Fsp3) is 0.429. The van der Waals surface area contributed by atoms with E-state index >= 15 is 0 Å². The van der Waals surface area contributed by atoms with Crippen LogP contribution in [0.5, 0.6) is 5.75 Å². The van der Waals surface area contributed by atoms with Gasteiger partial charge >= 0.3 is 0 Å². The van der Waals surface area contributed by atoms with Crippen LogP contribution in [0, 0.1) is 17.2 Å². The van der Waals surface area contributed by atoms with E-state index < -0.39 is 0 Å². The number of nitrogens with zero attached hydrogens (tertiary/aromatic N) is 1. The van der Waals surface area contributed by atoms with Crippen molar-refractivity contribution in [2.75, 3.05) is 12.4 Å². The maximum atomic E-state index is 11.9. The van der Waals surface area contributed by atoms with Crippen molar-refractivity contribution in [1.29, 1.82) is 5.26 Å². The molecule has 0 aliphatic heterocycles. The lowest BCUT2D eigenvalue weighted by molar-refractivity contribution is -0.119. The number of amides is 1. The average Bonchev–Trinajstić information content (AvgIpc) is 2.92. The van der Waals surface area contributed by atoms with Crippen molar-refractivity contribution in [2.45, 2.75) is 25.7 Å². The Kier molecular flexibility index (Phi) is 3.83. The summed E-state index contributed by atoms with van der Waals surface area (Å²) in [7, 11) is 1.52. The smallest absolute Gasteiger partial charge is 0.227 e. The van der Waals surface area contributed by atoms with Gasteiger partial charge in [-0.1, -0.05) is 12.8 Å². The Morgan fingerprint density at radius 3 is 2.78 bits per heavy atom. The second-order valence-electron chi connectivity index (χ2n) is 4.50. The van der Waals surface area contributed by atoms with Gasteiger partial charge in [-0.05, 0) is 31.0 Å². The van der Waals surface area contributed by atoms with Gasteiger partial charge in [-0.25, -0.2) is 0 Å². The fourth-order valence-electron chi connectivity index (χ4n) is 2.31. The van der Waals surface area contributed by atoms with Crippen LogP contribution in [0.4, 0.5) is 5.69 Å². The second kappa shape index (κ2) is 5.54. The van der Waals surface area contributed by atoms with Gasteiger partial charge in [0.2, 0.25) is 5.91 Å². The van der Waals surface area contributed by atoms with E-state index in [4.69, 9.17) is 10.00 Å². The molecule has 1 N–H and O–H groups in total. The number of rotatable bonds is 3. The Morgan fingerprint density at radius 1 is 1.44 bits per heavy atom. The zero-order chi connectivity index (χ0) is 13.0. The maximum absolute atomic E-state index is 11.9. The highest BCUT2D eigenvalue weighted by molar-refractivity contribution is 5.93. The summed E-state index contributed by atoms with van der Waals surface area (Å²) >= 11 is 0. The number of carbonyl (C=O) groups excluding carboxylic acids is 1. The van der Waals surface area contributed by atoms with Crippen LogP contribution in [0.15, 0.2) is 18.2 Å². The summed E-state index contributed by atoms with van der Waals surface area (Å²) in [6, 6.07) is 7.15. The van der Waals surface area contributed by atoms with Crippen LogP contribution >= 0.6 is 0 Å². The van der Waals surface area contributed by atoms with Gasteiger partial charge in [0.05, 0.1) is 12.7 Å². The zero-order valence-corrected chi connectivity index (χ0v) is 10.4. The monoisotopic (exact) mass is 244 g/mol. The highest BCUT2D eigenvalue weighted by Gasteiger charge is 2.22. The van der Waals surface area contributed by atoms with Crippen molar-refractivity contribution in [3.8, 4) is 11.8 Å². The number of nitriles is 1. The minimum Gasteiger partial charge on any atom is -0.495 e. The number of carbonyl (C=O) groups is 1. The Morgan fingerprint density at radius 2 is 2.17 bits per heavy atom. The molecule has 4 heteroatoms. The van der Waals surface area contributed by atoms with Crippen molar-refractivity contribution in [3.63, 3.8) is 0 Å². The summed E-state index contributed by atoms with van der Waals surface area (Å²) in [6.45, 7) is 0. The van der Waals surface area contributed by atoms with E-state index in [9.17, 15) is 4.79 Å². The average molecular weight is 244 g/mol. The summed E-state index contributed by atoms with van der Waals surface area (Å²) in [5.74, 6) is 0.704. The molecule has 0 heterocycles. The second-order valence-corrected chi connectivity index (χ2v) is 4.50. The number of anilines is 1. The first-order valence-corrected chi connectivity index (χ1v) is 6.13. The summed E-state index contributed by atoms with van der Waals surface area (Å²) in [4.78, 5) is 11.9. The van der Waals surface area contributed by atoms with E-state index in [0.717, 1.165) is 25.7 Å². The third-order valence-corrected chi connectivity index (χ3v) is 3.31. The van der Waals surface area contributed by atoms with Crippen LogP contribution in [0.3, 0.4) is 0 Å². The number of nitrogens with one attached hydrogen (secondary N) is 1. The molecule has 0 aromatic heterocycles. The van der Waals surface area contributed by atoms with Gasteiger partial charge in [0, 0.05) is 11.6 Å². The minimum atomic E-state index is 0.0570. The Balaban J connectivity index is 2.10. The molecule has 0 unspecified atom stereocenters. The first-order chi connectivity index (χ1) is 8.74. The Bertz CT molecular complexity index is 485. The summed E-state index contributed by atoms with van der Waals surface area (Å²) < 4.78 is 5.06. The number of hydrogen-bond acceptors (Lipinski definition) is 3. The number of benzene rings is 1. The normalized spacial score (nSPS) is 15.1. The third kappa shape index (κ3) is 2.62. The van der Waals surface area contributed by atoms with Crippen LogP contribution in [-0.2, 0) is 4.79 Å². The molecule has 1 aromatic rings. The highest BCUT2D eigenvalue weighted by atomic mass is 16.5. The topological polar surface area (TPSA) is 62.1 Å². The van der Waals surface area contributed by atoms with Crippen molar-refractivity contribution >= 4 is 11.6 Å². The SMILES string of the molecule is COc1ccc(NC(=O)C2CCCC2)cc1C#N. The predicted octanol–water partition coefficient (Wildman–Crippen LogP) is 2.70. The Labute approximate surface area is 107 Å². The van der Waals surface area contributed by atoms with Gasteiger partial charge < -0.3 is 10.1 Å². The van der Waals surface area contributed by atoms with Gasteiger partial charge in [-0.2, -0.15) is 5.26 Å². The van der Waals surface area contributed by atoms with Crippen LogP contribution in [0.2, 0.25) is 0 Å². The molecule has 1 fully saturated rings. The maximum Gasteiger partial charge on any atom is 0.227 e. The lowest BCUT2D eigenvalue weighted by Crippen LogP contribution is -2.20. The highest BCUT2D eigenvalue weighted by Crippen LogP contribution is 2.27. The molecule has 1 saturated carbocycles. The molecule has 1 aliphatic rings. The molecule has 0 saturated heterocycles. The van der Waals surface area contributed by atoms with E-state index in [-0.39, 0.29) is 11.8 Å². The lowest BCUT2D eigenvalue weighted by atomic mass is 10.1. The van der Waals surface area contributed by atoms with Gasteiger partial charge in [-0.3, -0.25) is 4.79 Å².